The van der Waals surface area contributed by atoms with Crippen LogP contribution < -0.4 is 5.32 Å². The van der Waals surface area contributed by atoms with Gasteiger partial charge < -0.3 is 9.47 Å². The molecule has 7 nitrogen and oxygen atoms in total. The Morgan fingerprint density at radius 3 is 2.24 bits per heavy atom. The van der Waals surface area contributed by atoms with E-state index in [1.165, 1.54) is 0 Å². The summed E-state index contributed by atoms with van der Waals surface area (Å²) in [6.07, 6.45) is -1.28. The predicted octanol–water partition coefficient (Wildman–Crippen LogP) is 4.93. The number of hydrogen-bond donors (Lipinski definition) is 1. The Morgan fingerprint density at radius 1 is 1.08 bits per heavy atom. The Balaban J connectivity index is 2.42. The highest BCUT2D eigenvalue weighted by atomic mass is 79.9. The zero-order chi connectivity index (χ0) is 19.0. The molecule has 0 atom stereocenters. The Hall–Kier alpha value is -2.09. The number of carbonyl (C=O) groups is 2. The lowest BCUT2D eigenvalue weighted by molar-refractivity contribution is 0.0520. The topological polar surface area (TPSA) is 82.5 Å². The van der Waals surface area contributed by atoms with E-state index in [9.17, 15) is 9.59 Å². The second-order valence-corrected chi connectivity index (χ2v) is 8.44. The first-order valence-corrected chi connectivity index (χ1v) is 8.57. The summed E-state index contributed by atoms with van der Waals surface area (Å²) >= 11 is 3.38. The highest BCUT2D eigenvalue weighted by Gasteiger charge is 2.24. The minimum absolute atomic E-state index is 0.219. The first-order valence-electron chi connectivity index (χ1n) is 7.77. The molecule has 0 unspecified atom stereocenters. The molecule has 0 aliphatic rings. The molecule has 0 radical (unpaired) electrons. The van der Waals surface area contributed by atoms with Crippen LogP contribution in [0.3, 0.4) is 0 Å². The standard InChI is InChI=1S/C17H22BrN3O4/c1-16(2,3)24-14(22)19-13-11-9-10(18)7-8-12(11)21(20-13)15(23)25-17(4,5)6/h7-9H,1-6H3,(H,19,20,22). The van der Waals surface area contributed by atoms with Gasteiger partial charge in [-0.25, -0.2) is 9.59 Å². The van der Waals surface area contributed by atoms with Gasteiger partial charge >= 0.3 is 12.2 Å². The number of amides is 1. The largest absolute Gasteiger partial charge is 0.444 e. The number of anilines is 1. The summed E-state index contributed by atoms with van der Waals surface area (Å²) < 4.78 is 12.5. The molecule has 1 heterocycles. The molecular formula is C17H22BrN3O4. The van der Waals surface area contributed by atoms with Gasteiger partial charge in [0.15, 0.2) is 5.82 Å². The highest BCUT2D eigenvalue weighted by molar-refractivity contribution is 9.10. The third-order valence-corrected chi connectivity index (χ3v) is 3.32. The lowest BCUT2D eigenvalue weighted by Crippen LogP contribution is -2.28. The van der Waals surface area contributed by atoms with E-state index in [2.05, 4.69) is 26.3 Å². The summed E-state index contributed by atoms with van der Waals surface area (Å²) in [4.78, 5) is 24.5. The van der Waals surface area contributed by atoms with Crippen LogP contribution in [0, 0.1) is 0 Å². The Bertz CT molecular complexity index is 816. The van der Waals surface area contributed by atoms with Crippen molar-refractivity contribution in [1.29, 1.82) is 0 Å². The molecule has 0 spiro atoms. The summed E-state index contributed by atoms with van der Waals surface area (Å²) in [7, 11) is 0. The van der Waals surface area contributed by atoms with Crippen molar-refractivity contribution < 1.29 is 19.1 Å². The van der Waals surface area contributed by atoms with Gasteiger partial charge in [0.25, 0.3) is 0 Å². The van der Waals surface area contributed by atoms with Crippen molar-refractivity contribution in [2.24, 2.45) is 0 Å². The molecule has 1 amide bonds. The summed E-state index contributed by atoms with van der Waals surface area (Å²) in [5.74, 6) is 0.219. The fourth-order valence-electron chi connectivity index (χ4n) is 2.03. The van der Waals surface area contributed by atoms with Crippen LogP contribution in [-0.4, -0.2) is 33.2 Å². The number of aromatic nitrogens is 2. The molecule has 136 valence electrons. The van der Waals surface area contributed by atoms with Gasteiger partial charge in [0, 0.05) is 9.86 Å². The van der Waals surface area contributed by atoms with E-state index in [1.807, 2.05) is 0 Å². The zero-order valence-electron chi connectivity index (χ0n) is 15.1. The van der Waals surface area contributed by atoms with E-state index in [0.717, 1.165) is 9.15 Å². The van der Waals surface area contributed by atoms with E-state index in [-0.39, 0.29) is 5.82 Å². The second-order valence-electron chi connectivity index (χ2n) is 7.53. The molecule has 0 saturated carbocycles. The first kappa shape index (κ1) is 19.2. The highest BCUT2D eigenvalue weighted by Crippen LogP contribution is 2.27. The first-order chi connectivity index (χ1) is 11.4. The van der Waals surface area contributed by atoms with Gasteiger partial charge in [-0.3, -0.25) is 5.32 Å². The normalized spacial score (nSPS) is 12.1. The molecular weight excluding hydrogens is 390 g/mol. The second kappa shape index (κ2) is 6.67. The van der Waals surface area contributed by atoms with Gasteiger partial charge in [0.05, 0.1) is 5.52 Å². The number of carbonyl (C=O) groups excluding carboxylic acids is 2. The average molecular weight is 412 g/mol. The number of nitrogens with one attached hydrogen (secondary N) is 1. The number of hydrogen-bond acceptors (Lipinski definition) is 5. The smallest absolute Gasteiger partial charge is 0.435 e. The molecule has 1 aromatic heterocycles. The zero-order valence-corrected chi connectivity index (χ0v) is 16.7. The van der Waals surface area contributed by atoms with Crippen LogP contribution in [0.1, 0.15) is 41.5 Å². The van der Waals surface area contributed by atoms with Crippen molar-refractivity contribution in [3.8, 4) is 0 Å². The van der Waals surface area contributed by atoms with Gasteiger partial charge in [0.1, 0.15) is 11.2 Å². The number of nitrogens with zero attached hydrogens (tertiary/aromatic N) is 2. The Labute approximate surface area is 154 Å². The molecule has 25 heavy (non-hydrogen) atoms. The summed E-state index contributed by atoms with van der Waals surface area (Å²) in [5, 5.41) is 7.37. The summed E-state index contributed by atoms with van der Waals surface area (Å²) in [5.41, 5.74) is -0.791. The minimum atomic E-state index is -0.663. The van der Waals surface area contributed by atoms with Crippen LogP contribution >= 0.6 is 15.9 Å². The number of rotatable bonds is 1. The van der Waals surface area contributed by atoms with Gasteiger partial charge in [-0.15, -0.1) is 5.10 Å². The van der Waals surface area contributed by atoms with Crippen molar-refractivity contribution in [3.63, 3.8) is 0 Å². The Morgan fingerprint density at radius 2 is 1.68 bits per heavy atom. The van der Waals surface area contributed by atoms with Gasteiger partial charge in [0.2, 0.25) is 0 Å². The molecule has 0 fully saturated rings. The molecule has 2 rings (SSSR count). The third kappa shape index (κ3) is 5.19. The van der Waals surface area contributed by atoms with Crippen LogP contribution in [0.4, 0.5) is 15.4 Å². The van der Waals surface area contributed by atoms with Gasteiger partial charge in [-0.2, -0.15) is 4.68 Å². The van der Waals surface area contributed by atoms with Crippen LogP contribution in [0.5, 0.6) is 0 Å². The summed E-state index contributed by atoms with van der Waals surface area (Å²) in [6, 6.07) is 5.26. The van der Waals surface area contributed by atoms with Crippen molar-refractivity contribution in [1.82, 2.24) is 9.78 Å². The molecule has 0 bridgehead atoms. The fraction of sp³-hybridized carbons (Fsp3) is 0.471. The molecule has 0 aliphatic heterocycles. The molecule has 8 heteroatoms. The SMILES string of the molecule is CC(C)(C)OC(=O)Nc1nn(C(=O)OC(C)(C)C)c2ccc(Br)cc12. The van der Waals surface area contributed by atoms with Crippen molar-refractivity contribution in [2.45, 2.75) is 52.7 Å². The van der Waals surface area contributed by atoms with Crippen LogP contribution in [0.15, 0.2) is 22.7 Å². The maximum absolute atomic E-state index is 12.4. The third-order valence-electron chi connectivity index (χ3n) is 2.83. The average Bonchev–Trinajstić information content (AvgIpc) is 2.73. The molecule has 0 saturated heterocycles. The van der Waals surface area contributed by atoms with E-state index in [1.54, 1.807) is 59.7 Å². The quantitative estimate of drug-likeness (QED) is 0.718. The molecule has 0 aliphatic carbocycles. The van der Waals surface area contributed by atoms with Crippen molar-refractivity contribution >= 4 is 44.8 Å². The number of ether oxygens (including phenoxy) is 2. The van der Waals surface area contributed by atoms with E-state index in [0.29, 0.717) is 10.9 Å². The fourth-order valence-corrected chi connectivity index (χ4v) is 2.39. The predicted molar refractivity (Wildman–Crippen MR) is 98.9 cm³/mol. The molecule has 1 aromatic carbocycles. The minimum Gasteiger partial charge on any atom is -0.444 e. The van der Waals surface area contributed by atoms with Gasteiger partial charge in [-0.05, 0) is 59.7 Å². The number of halogens is 1. The maximum atomic E-state index is 12.4. The van der Waals surface area contributed by atoms with Crippen molar-refractivity contribution in [3.05, 3.63) is 22.7 Å². The monoisotopic (exact) mass is 411 g/mol. The maximum Gasteiger partial charge on any atom is 0.435 e. The molecule has 2 aromatic rings. The van der Waals surface area contributed by atoms with E-state index >= 15 is 0 Å². The number of fused-ring (bicyclic) bond motifs is 1. The molecule has 1 N–H and O–H groups in total. The Kier molecular flexibility index (Phi) is 5.13. The van der Waals surface area contributed by atoms with Crippen LogP contribution in [-0.2, 0) is 9.47 Å². The summed E-state index contributed by atoms with van der Waals surface area (Å²) in [6.45, 7) is 10.6. The number of benzene rings is 1. The van der Waals surface area contributed by atoms with Crippen LogP contribution in [0.25, 0.3) is 10.9 Å². The lowest BCUT2D eigenvalue weighted by atomic mass is 10.2. The van der Waals surface area contributed by atoms with Crippen LogP contribution in [0.2, 0.25) is 0 Å². The lowest BCUT2D eigenvalue weighted by Gasteiger charge is -2.19. The van der Waals surface area contributed by atoms with Crippen molar-refractivity contribution in [2.75, 3.05) is 5.32 Å². The van der Waals surface area contributed by atoms with Gasteiger partial charge in [-0.1, -0.05) is 15.9 Å². The van der Waals surface area contributed by atoms with E-state index in [4.69, 9.17) is 9.47 Å². The van der Waals surface area contributed by atoms with E-state index < -0.39 is 23.4 Å².